The van der Waals surface area contributed by atoms with Gasteiger partial charge < -0.3 is 10.1 Å². The van der Waals surface area contributed by atoms with Crippen LogP contribution in [0.4, 0.5) is 0 Å². The zero-order valence-electron chi connectivity index (χ0n) is 13.0. The molecule has 1 aromatic carbocycles. The van der Waals surface area contributed by atoms with Gasteiger partial charge in [-0.3, -0.25) is 0 Å². The Labute approximate surface area is 123 Å². The summed E-state index contributed by atoms with van der Waals surface area (Å²) < 4.78 is 5.98. The zero-order valence-corrected chi connectivity index (χ0v) is 13.0. The molecule has 2 nitrogen and oxygen atoms in total. The summed E-state index contributed by atoms with van der Waals surface area (Å²) in [6.07, 6.45) is 6.92. The van der Waals surface area contributed by atoms with Crippen LogP contribution < -0.4 is 5.32 Å². The number of hydrogen-bond acceptors (Lipinski definition) is 2. The zero-order chi connectivity index (χ0) is 14.2. The molecule has 0 radical (unpaired) electrons. The fourth-order valence-electron chi connectivity index (χ4n) is 2.87. The maximum atomic E-state index is 5.98. The fourth-order valence-corrected chi connectivity index (χ4v) is 2.87. The monoisotopic (exact) mass is 275 g/mol. The highest BCUT2D eigenvalue weighted by molar-refractivity contribution is 5.26. The van der Waals surface area contributed by atoms with Gasteiger partial charge in [0.2, 0.25) is 0 Å². The van der Waals surface area contributed by atoms with Crippen molar-refractivity contribution in [3.8, 4) is 0 Å². The van der Waals surface area contributed by atoms with Crippen LogP contribution in [0.2, 0.25) is 0 Å². The van der Waals surface area contributed by atoms with Gasteiger partial charge in [0.25, 0.3) is 0 Å². The van der Waals surface area contributed by atoms with Crippen LogP contribution >= 0.6 is 0 Å². The van der Waals surface area contributed by atoms with Gasteiger partial charge in [-0.15, -0.1) is 0 Å². The van der Waals surface area contributed by atoms with Gasteiger partial charge >= 0.3 is 0 Å². The van der Waals surface area contributed by atoms with Crippen molar-refractivity contribution in [1.29, 1.82) is 0 Å². The number of nitrogens with one attached hydrogen (secondary N) is 1. The maximum absolute atomic E-state index is 5.98. The molecule has 0 unspecified atom stereocenters. The van der Waals surface area contributed by atoms with E-state index < -0.39 is 0 Å². The van der Waals surface area contributed by atoms with Gasteiger partial charge in [-0.1, -0.05) is 57.4 Å². The average molecular weight is 275 g/mol. The quantitative estimate of drug-likeness (QED) is 0.802. The second-order valence-corrected chi connectivity index (χ2v) is 6.32. The molecular weight excluding hydrogens is 246 g/mol. The third-order valence-electron chi connectivity index (χ3n) is 4.16. The molecule has 0 amide bonds. The highest BCUT2D eigenvalue weighted by atomic mass is 16.5. The van der Waals surface area contributed by atoms with Gasteiger partial charge in [0.05, 0.1) is 6.61 Å². The topological polar surface area (TPSA) is 21.3 Å². The smallest absolute Gasteiger partial charge is 0.0720 e. The summed E-state index contributed by atoms with van der Waals surface area (Å²) in [5.41, 5.74) is 2.70. The minimum absolute atomic E-state index is 0.520. The van der Waals surface area contributed by atoms with E-state index in [-0.39, 0.29) is 0 Å². The molecular formula is C18H29NO. The van der Waals surface area contributed by atoms with Crippen molar-refractivity contribution >= 4 is 0 Å². The van der Waals surface area contributed by atoms with Gasteiger partial charge in [-0.05, 0) is 29.9 Å². The van der Waals surface area contributed by atoms with Crippen LogP contribution in [0.3, 0.4) is 0 Å². The lowest BCUT2D eigenvalue weighted by molar-refractivity contribution is 0.0735. The Morgan fingerprint density at radius 1 is 1.10 bits per heavy atom. The molecule has 1 aromatic rings. The van der Waals surface area contributed by atoms with Crippen LogP contribution in [0.15, 0.2) is 24.3 Å². The van der Waals surface area contributed by atoms with Crippen LogP contribution in [0.25, 0.3) is 0 Å². The van der Waals surface area contributed by atoms with Crippen molar-refractivity contribution in [2.24, 2.45) is 5.92 Å². The molecule has 1 aliphatic rings. The van der Waals surface area contributed by atoms with Crippen molar-refractivity contribution in [2.45, 2.75) is 65.1 Å². The highest BCUT2D eigenvalue weighted by Gasteiger charge is 2.13. The molecule has 1 fully saturated rings. The second kappa shape index (κ2) is 8.43. The molecule has 0 aliphatic heterocycles. The Hall–Kier alpha value is -0.860. The Kier molecular flexibility index (Phi) is 6.55. The lowest BCUT2D eigenvalue weighted by atomic mass is 9.90. The standard InChI is InChI=1S/C18H29NO/c1-15(2)19-12-17-10-6-7-11-18(17)14-20-13-16-8-4-3-5-9-16/h6-7,10-11,15-16,19H,3-5,8-9,12-14H2,1-2H3. The lowest BCUT2D eigenvalue weighted by Gasteiger charge is -2.21. The third kappa shape index (κ3) is 5.26. The summed E-state index contributed by atoms with van der Waals surface area (Å²) in [6.45, 7) is 6.99. The lowest BCUT2D eigenvalue weighted by Crippen LogP contribution is -2.22. The van der Waals surface area contributed by atoms with Crippen molar-refractivity contribution in [3.05, 3.63) is 35.4 Å². The maximum Gasteiger partial charge on any atom is 0.0720 e. The first-order chi connectivity index (χ1) is 9.75. The molecule has 0 saturated heterocycles. The van der Waals surface area contributed by atoms with E-state index in [2.05, 4.69) is 43.4 Å². The molecule has 1 N–H and O–H groups in total. The van der Waals surface area contributed by atoms with E-state index in [4.69, 9.17) is 4.74 Å². The summed E-state index contributed by atoms with van der Waals surface area (Å²) >= 11 is 0. The molecule has 0 heterocycles. The first-order valence-corrected chi connectivity index (χ1v) is 8.13. The molecule has 1 aliphatic carbocycles. The molecule has 0 bridgehead atoms. The Morgan fingerprint density at radius 3 is 2.50 bits per heavy atom. The van der Waals surface area contributed by atoms with Crippen LogP contribution in [0.5, 0.6) is 0 Å². The molecule has 2 rings (SSSR count). The predicted molar refractivity (Wildman–Crippen MR) is 84.6 cm³/mol. The summed E-state index contributed by atoms with van der Waals surface area (Å²) in [6, 6.07) is 9.14. The average Bonchev–Trinajstić information content (AvgIpc) is 2.47. The van der Waals surface area contributed by atoms with Crippen molar-refractivity contribution in [2.75, 3.05) is 6.61 Å². The van der Waals surface area contributed by atoms with Gasteiger partial charge in [-0.2, -0.15) is 0 Å². The molecule has 2 heteroatoms. The number of hydrogen-bond donors (Lipinski definition) is 1. The summed E-state index contributed by atoms with van der Waals surface area (Å²) in [7, 11) is 0. The summed E-state index contributed by atoms with van der Waals surface area (Å²) in [4.78, 5) is 0. The number of rotatable bonds is 7. The van der Waals surface area contributed by atoms with E-state index >= 15 is 0 Å². The summed E-state index contributed by atoms with van der Waals surface area (Å²) in [5.74, 6) is 0.796. The van der Waals surface area contributed by atoms with Gasteiger partial charge in [0.1, 0.15) is 0 Å². The van der Waals surface area contributed by atoms with Crippen molar-refractivity contribution in [3.63, 3.8) is 0 Å². The third-order valence-corrected chi connectivity index (χ3v) is 4.16. The summed E-state index contributed by atoms with van der Waals surface area (Å²) in [5, 5.41) is 3.49. The van der Waals surface area contributed by atoms with E-state index in [1.807, 2.05) is 0 Å². The van der Waals surface area contributed by atoms with E-state index in [1.165, 1.54) is 43.2 Å². The van der Waals surface area contributed by atoms with Crippen molar-refractivity contribution < 1.29 is 4.74 Å². The first-order valence-electron chi connectivity index (χ1n) is 8.13. The minimum Gasteiger partial charge on any atom is -0.376 e. The Morgan fingerprint density at radius 2 is 1.80 bits per heavy atom. The highest BCUT2D eigenvalue weighted by Crippen LogP contribution is 2.24. The van der Waals surface area contributed by atoms with Crippen LogP contribution in [0, 0.1) is 5.92 Å². The normalized spacial score (nSPS) is 16.8. The van der Waals surface area contributed by atoms with Gasteiger partial charge in [0.15, 0.2) is 0 Å². The molecule has 112 valence electrons. The SMILES string of the molecule is CC(C)NCc1ccccc1COCC1CCCCC1. The first kappa shape index (κ1) is 15.5. The van der Waals surface area contributed by atoms with Gasteiger partial charge in [-0.25, -0.2) is 0 Å². The molecule has 0 aromatic heterocycles. The Balaban J connectivity index is 1.79. The largest absolute Gasteiger partial charge is 0.376 e. The molecule has 0 atom stereocenters. The fraction of sp³-hybridized carbons (Fsp3) is 0.667. The van der Waals surface area contributed by atoms with Crippen molar-refractivity contribution in [1.82, 2.24) is 5.32 Å². The number of benzene rings is 1. The molecule has 1 saturated carbocycles. The minimum atomic E-state index is 0.520. The van der Waals surface area contributed by atoms with Crippen LogP contribution in [-0.4, -0.2) is 12.6 Å². The van der Waals surface area contributed by atoms with Gasteiger partial charge in [0, 0.05) is 19.2 Å². The van der Waals surface area contributed by atoms with E-state index in [1.54, 1.807) is 0 Å². The molecule has 20 heavy (non-hydrogen) atoms. The number of ether oxygens (including phenoxy) is 1. The van der Waals surface area contributed by atoms with Crippen LogP contribution in [-0.2, 0) is 17.9 Å². The Bertz CT molecular complexity index is 383. The van der Waals surface area contributed by atoms with Crippen LogP contribution in [0.1, 0.15) is 57.1 Å². The predicted octanol–water partition coefficient (Wildman–Crippen LogP) is 4.28. The molecule has 0 spiro atoms. The van der Waals surface area contributed by atoms with E-state index in [9.17, 15) is 0 Å². The second-order valence-electron chi connectivity index (χ2n) is 6.32. The van der Waals surface area contributed by atoms with E-state index in [0.29, 0.717) is 6.04 Å². The van der Waals surface area contributed by atoms with E-state index in [0.717, 1.165) is 25.7 Å².